The molecule has 20 heavy (non-hydrogen) atoms. The van der Waals surface area contributed by atoms with E-state index in [0.29, 0.717) is 6.61 Å². The molecular weight excluding hydrogens is 384 g/mol. The van der Waals surface area contributed by atoms with Crippen LogP contribution in [0.15, 0.2) is 57.5 Å². The Morgan fingerprint density at radius 1 is 1.00 bits per heavy atom. The second-order valence-corrected chi connectivity index (χ2v) is 6.26. The molecule has 0 bridgehead atoms. The maximum absolute atomic E-state index is 9.55. The van der Waals surface area contributed by atoms with Crippen LogP contribution in [0.2, 0.25) is 0 Å². The van der Waals surface area contributed by atoms with Gasteiger partial charge in [-0.05, 0) is 42.3 Å². The van der Waals surface area contributed by atoms with Gasteiger partial charge in [0.1, 0.15) is 5.75 Å². The van der Waals surface area contributed by atoms with Crippen LogP contribution in [-0.2, 0) is 0 Å². The summed E-state index contributed by atoms with van der Waals surface area (Å²) in [6.45, 7) is 0.695. The maximum Gasteiger partial charge on any atom is 0.119 e. The lowest BCUT2D eigenvalue weighted by Crippen LogP contribution is -2.10. The Labute approximate surface area is 136 Å². The molecule has 0 spiro atoms. The summed E-state index contributed by atoms with van der Waals surface area (Å²) in [4.78, 5) is 0. The Morgan fingerprint density at radius 3 is 2.35 bits per heavy atom. The van der Waals surface area contributed by atoms with Gasteiger partial charge in [0.2, 0.25) is 0 Å². The second kappa shape index (κ2) is 7.81. The van der Waals surface area contributed by atoms with Crippen molar-refractivity contribution in [1.82, 2.24) is 0 Å². The van der Waals surface area contributed by atoms with Crippen molar-refractivity contribution in [3.63, 3.8) is 0 Å². The van der Waals surface area contributed by atoms with Crippen LogP contribution >= 0.6 is 31.9 Å². The molecule has 0 aliphatic heterocycles. The molecule has 2 nitrogen and oxygen atoms in total. The van der Waals surface area contributed by atoms with Crippen molar-refractivity contribution in [2.75, 3.05) is 13.2 Å². The molecule has 2 aromatic rings. The van der Waals surface area contributed by atoms with E-state index >= 15 is 0 Å². The van der Waals surface area contributed by atoms with Gasteiger partial charge in [-0.3, -0.25) is 0 Å². The SMILES string of the molecule is OCC(CCOc1ccc(Br)cc1)c1ccccc1Br. The zero-order chi connectivity index (χ0) is 14.4. The van der Waals surface area contributed by atoms with E-state index in [1.54, 1.807) is 0 Å². The average Bonchev–Trinajstić information content (AvgIpc) is 2.47. The molecule has 4 heteroatoms. The number of benzene rings is 2. The Balaban J connectivity index is 1.91. The standard InChI is InChI=1S/C16H16Br2O2/c17-13-5-7-14(8-6-13)20-10-9-12(11-19)15-3-1-2-4-16(15)18/h1-8,12,19H,9-11H2. The lowest BCUT2D eigenvalue weighted by molar-refractivity contribution is 0.229. The zero-order valence-corrected chi connectivity index (χ0v) is 14.1. The van der Waals surface area contributed by atoms with Gasteiger partial charge in [-0.2, -0.15) is 0 Å². The van der Waals surface area contributed by atoms with Crippen molar-refractivity contribution in [2.24, 2.45) is 0 Å². The molecule has 0 amide bonds. The highest BCUT2D eigenvalue weighted by atomic mass is 79.9. The molecule has 106 valence electrons. The minimum atomic E-state index is 0.0843. The molecule has 0 saturated heterocycles. The van der Waals surface area contributed by atoms with E-state index in [2.05, 4.69) is 31.9 Å². The topological polar surface area (TPSA) is 29.5 Å². The molecule has 0 aliphatic rings. The number of hydrogen-bond donors (Lipinski definition) is 1. The largest absolute Gasteiger partial charge is 0.494 e. The lowest BCUT2D eigenvalue weighted by Gasteiger charge is -2.16. The van der Waals surface area contributed by atoms with Crippen LogP contribution in [0.25, 0.3) is 0 Å². The molecule has 0 fully saturated rings. The van der Waals surface area contributed by atoms with Gasteiger partial charge in [-0.25, -0.2) is 0 Å². The van der Waals surface area contributed by atoms with Gasteiger partial charge in [0.05, 0.1) is 13.2 Å². The van der Waals surface area contributed by atoms with E-state index < -0.39 is 0 Å². The highest BCUT2D eigenvalue weighted by Gasteiger charge is 2.13. The van der Waals surface area contributed by atoms with Crippen molar-refractivity contribution in [3.8, 4) is 5.75 Å². The van der Waals surface area contributed by atoms with Gasteiger partial charge in [-0.1, -0.05) is 50.1 Å². The van der Waals surface area contributed by atoms with Gasteiger partial charge < -0.3 is 9.84 Å². The quantitative estimate of drug-likeness (QED) is 0.758. The van der Waals surface area contributed by atoms with E-state index in [0.717, 1.165) is 26.7 Å². The van der Waals surface area contributed by atoms with E-state index in [9.17, 15) is 5.11 Å². The summed E-state index contributed by atoms with van der Waals surface area (Å²) in [5.74, 6) is 0.929. The number of halogens is 2. The fourth-order valence-electron chi connectivity index (χ4n) is 2.00. The van der Waals surface area contributed by atoms with Crippen LogP contribution in [0, 0.1) is 0 Å². The summed E-state index contributed by atoms with van der Waals surface area (Å²) >= 11 is 6.92. The molecule has 1 unspecified atom stereocenters. The molecule has 1 N–H and O–H groups in total. The van der Waals surface area contributed by atoms with Crippen LogP contribution in [0.1, 0.15) is 17.9 Å². The molecule has 0 heterocycles. The highest BCUT2D eigenvalue weighted by Crippen LogP contribution is 2.27. The van der Waals surface area contributed by atoms with Gasteiger partial charge in [-0.15, -0.1) is 0 Å². The summed E-state index contributed by atoms with van der Waals surface area (Å²) < 4.78 is 7.77. The normalized spacial score (nSPS) is 12.2. The molecule has 1 atom stereocenters. The van der Waals surface area contributed by atoms with Crippen LogP contribution in [0.5, 0.6) is 5.75 Å². The summed E-state index contributed by atoms with van der Waals surface area (Å²) in [5.41, 5.74) is 1.12. The monoisotopic (exact) mass is 398 g/mol. The van der Waals surface area contributed by atoms with Crippen LogP contribution in [0.3, 0.4) is 0 Å². The smallest absolute Gasteiger partial charge is 0.119 e. The molecule has 2 aromatic carbocycles. The molecule has 0 aromatic heterocycles. The third kappa shape index (κ3) is 4.33. The predicted molar refractivity (Wildman–Crippen MR) is 88.2 cm³/mol. The van der Waals surface area contributed by atoms with Crippen molar-refractivity contribution in [3.05, 3.63) is 63.0 Å². The number of ether oxygens (including phenoxy) is 1. The maximum atomic E-state index is 9.55. The first-order chi connectivity index (χ1) is 9.70. The van der Waals surface area contributed by atoms with Gasteiger partial charge in [0.25, 0.3) is 0 Å². The Hall–Kier alpha value is -0.840. The molecule has 2 rings (SSSR count). The number of rotatable bonds is 6. The minimum Gasteiger partial charge on any atom is -0.494 e. The summed E-state index contributed by atoms with van der Waals surface area (Å²) in [6.07, 6.45) is 0.773. The lowest BCUT2D eigenvalue weighted by atomic mass is 9.97. The van der Waals surface area contributed by atoms with Crippen LogP contribution in [0.4, 0.5) is 0 Å². The predicted octanol–water partition coefficient (Wildman–Crippen LogP) is 4.76. The number of aliphatic hydroxyl groups is 1. The fraction of sp³-hybridized carbons (Fsp3) is 0.250. The first kappa shape index (κ1) is 15.5. The third-order valence-electron chi connectivity index (χ3n) is 3.11. The Bertz CT molecular complexity index is 540. The van der Waals surface area contributed by atoms with E-state index in [4.69, 9.17) is 4.74 Å². The highest BCUT2D eigenvalue weighted by molar-refractivity contribution is 9.10. The summed E-state index contributed by atoms with van der Waals surface area (Å²) in [7, 11) is 0. The van der Waals surface area contributed by atoms with Gasteiger partial charge in [0, 0.05) is 14.9 Å². The van der Waals surface area contributed by atoms with Gasteiger partial charge in [0.15, 0.2) is 0 Å². The van der Waals surface area contributed by atoms with Crippen molar-refractivity contribution in [1.29, 1.82) is 0 Å². The number of hydrogen-bond acceptors (Lipinski definition) is 2. The average molecular weight is 400 g/mol. The Kier molecular flexibility index (Phi) is 6.07. The molecule has 0 radical (unpaired) electrons. The summed E-state index contributed by atoms with van der Waals surface area (Å²) in [6, 6.07) is 15.7. The zero-order valence-electron chi connectivity index (χ0n) is 10.9. The van der Waals surface area contributed by atoms with E-state index in [-0.39, 0.29) is 12.5 Å². The molecule has 0 aliphatic carbocycles. The van der Waals surface area contributed by atoms with Gasteiger partial charge >= 0.3 is 0 Å². The van der Waals surface area contributed by atoms with Crippen molar-refractivity contribution in [2.45, 2.75) is 12.3 Å². The third-order valence-corrected chi connectivity index (χ3v) is 4.36. The number of aliphatic hydroxyl groups excluding tert-OH is 1. The van der Waals surface area contributed by atoms with E-state index in [1.807, 2.05) is 48.5 Å². The summed E-state index contributed by atoms with van der Waals surface area (Å²) in [5, 5.41) is 9.55. The molecular formula is C16H16Br2O2. The first-order valence-corrected chi connectivity index (χ1v) is 8.03. The fourth-order valence-corrected chi connectivity index (χ4v) is 2.87. The van der Waals surface area contributed by atoms with Crippen molar-refractivity contribution >= 4 is 31.9 Å². The second-order valence-electron chi connectivity index (χ2n) is 4.49. The molecule has 0 saturated carbocycles. The van der Waals surface area contributed by atoms with E-state index in [1.165, 1.54) is 0 Å². The van der Waals surface area contributed by atoms with Crippen LogP contribution in [-0.4, -0.2) is 18.3 Å². The minimum absolute atomic E-state index is 0.0843. The van der Waals surface area contributed by atoms with Crippen molar-refractivity contribution < 1.29 is 9.84 Å². The Morgan fingerprint density at radius 2 is 1.70 bits per heavy atom. The van der Waals surface area contributed by atoms with Crippen LogP contribution < -0.4 is 4.74 Å². The first-order valence-electron chi connectivity index (χ1n) is 6.44.